The van der Waals surface area contributed by atoms with Crippen LogP contribution in [0.25, 0.3) is 0 Å². The van der Waals surface area contributed by atoms with Gasteiger partial charge in [-0.1, -0.05) is 331 Å². The zero-order chi connectivity index (χ0) is 69.4. The van der Waals surface area contributed by atoms with E-state index in [9.17, 15) is 43.2 Å². The number of unbranched alkanes of at least 4 members (excludes halogenated alkanes) is 40. The largest absolute Gasteiger partial charge is 0.472 e. The van der Waals surface area contributed by atoms with E-state index in [-0.39, 0.29) is 25.7 Å². The summed E-state index contributed by atoms with van der Waals surface area (Å²) in [7, 11) is -9.91. The van der Waals surface area contributed by atoms with Crippen LogP contribution in [0.15, 0.2) is 0 Å². The van der Waals surface area contributed by atoms with Gasteiger partial charge in [0, 0.05) is 25.7 Å². The molecule has 19 heteroatoms. The maximum Gasteiger partial charge on any atom is 0.472 e. The molecule has 0 radical (unpaired) electrons. The molecule has 0 aliphatic rings. The van der Waals surface area contributed by atoms with E-state index in [0.717, 1.165) is 108 Å². The van der Waals surface area contributed by atoms with Crippen molar-refractivity contribution in [3.05, 3.63) is 0 Å². The summed E-state index contributed by atoms with van der Waals surface area (Å²) in [5.74, 6) is 0.209. The topological polar surface area (TPSA) is 237 Å². The zero-order valence-electron chi connectivity index (χ0n) is 61.4. The number of phosphoric acid groups is 2. The number of aliphatic hydroxyl groups excluding tert-OH is 1. The smallest absolute Gasteiger partial charge is 0.462 e. The lowest BCUT2D eigenvalue weighted by molar-refractivity contribution is -0.161. The summed E-state index contributed by atoms with van der Waals surface area (Å²) >= 11 is 0. The Morgan fingerprint density at radius 3 is 0.809 bits per heavy atom. The molecule has 0 saturated carbocycles. The number of esters is 4. The van der Waals surface area contributed by atoms with E-state index >= 15 is 0 Å². The Morgan fingerprint density at radius 2 is 0.543 bits per heavy atom. The Bertz CT molecular complexity index is 1840. The molecule has 558 valence electrons. The number of aliphatic hydroxyl groups is 1. The van der Waals surface area contributed by atoms with Gasteiger partial charge in [0.2, 0.25) is 0 Å². The second-order valence-electron chi connectivity index (χ2n) is 28.2. The van der Waals surface area contributed by atoms with Gasteiger partial charge in [0.25, 0.3) is 0 Å². The fraction of sp³-hybridized carbons (Fsp3) is 0.947. The number of carbonyl (C=O) groups is 4. The van der Waals surface area contributed by atoms with Crippen molar-refractivity contribution in [2.75, 3.05) is 39.6 Å². The molecule has 94 heavy (non-hydrogen) atoms. The fourth-order valence-corrected chi connectivity index (χ4v) is 13.0. The quantitative estimate of drug-likeness (QED) is 0.0222. The summed E-state index contributed by atoms with van der Waals surface area (Å²) < 4.78 is 68.5. The predicted molar refractivity (Wildman–Crippen MR) is 381 cm³/mol. The van der Waals surface area contributed by atoms with Gasteiger partial charge in [-0.3, -0.25) is 37.3 Å². The lowest BCUT2D eigenvalue weighted by Gasteiger charge is -2.21. The van der Waals surface area contributed by atoms with Crippen LogP contribution < -0.4 is 0 Å². The first-order valence-corrected chi connectivity index (χ1v) is 41.9. The van der Waals surface area contributed by atoms with Crippen molar-refractivity contribution in [1.82, 2.24) is 0 Å². The van der Waals surface area contributed by atoms with Crippen molar-refractivity contribution < 1.29 is 80.2 Å². The Balaban J connectivity index is 5.27. The van der Waals surface area contributed by atoms with E-state index < -0.39 is 97.5 Å². The van der Waals surface area contributed by atoms with Crippen LogP contribution in [0.1, 0.15) is 382 Å². The number of hydrogen-bond acceptors (Lipinski definition) is 15. The summed E-state index contributed by atoms with van der Waals surface area (Å²) in [6, 6.07) is 0. The van der Waals surface area contributed by atoms with Gasteiger partial charge in [0.05, 0.1) is 26.4 Å². The zero-order valence-corrected chi connectivity index (χ0v) is 63.2. The maximum atomic E-state index is 13.1. The number of hydrogen-bond donors (Lipinski definition) is 3. The Hall–Kier alpha value is -1.94. The van der Waals surface area contributed by atoms with Gasteiger partial charge in [-0.05, 0) is 43.4 Å². The van der Waals surface area contributed by atoms with Gasteiger partial charge in [0.1, 0.15) is 19.3 Å². The van der Waals surface area contributed by atoms with E-state index in [1.54, 1.807) is 0 Å². The molecule has 3 unspecified atom stereocenters. The summed E-state index contributed by atoms with van der Waals surface area (Å²) in [5, 5.41) is 10.6. The fourth-order valence-electron chi connectivity index (χ4n) is 11.4. The Labute approximate surface area is 575 Å². The van der Waals surface area contributed by atoms with Crippen molar-refractivity contribution in [1.29, 1.82) is 0 Å². The van der Waals surface area contributed by atoms with Gasteiger partial charge in [-0.2, -0.15) is 0 Å². The second-order valence-corrected chi connectivity index (χ2v) is 31.1. The summed E-state index contributed by atoms with van der Waals surface area (Å²) in [6.07, 6.45) is 51.1. The second kappa shape index (κ2) is 65.7. The molecule has 0 amide bonds. The molecule has 0 aliphatic carbocycles. The molecule has 0 heterocycles. The van der Waals surface area contributed by atoms with Crippen LogP contribution in [0, 0.1) is 17.8 Å². The highest BCUT2D eigenvalue weighted by Crippen LogP contribution is 2.45. The molecule has 0 fully saturated rings. The van der Waals surface area contributed by atoms with E-state index in [2.05, 4.69) is 48.5 Å². The molecule has 0 bridgehead atoms. The van der Waals surface area contributed by atoms with Crippen molar-refractivity contribution in [3.8, 4) is 0 Å². The molecule has 0 aromatic heterocycles. The third-order valence-corrected chi connectivity index (χ3v) is 19.6. The number of ether oxygens (including phenoxy) is 4. The first-order valence-electron chi connectivity index (χ1n) is 38.9. The lowest BCUT2D eigenvalue weighted by Crippen LogP contribution is -2.30. The molecule has 0 aromatic rings. The molecular weight excluding hydrogens is 1230 g/mol. The SMILES string of the molecule is CCCCCCCCCCCCCCC(=O)OC[C@H](COP(=O)(O)OC[C@H](O)COP(=O)(O)OC[C@@H](COC(=O)CCCCCCCCCCCCCCC(C)C)OC(=O)CCCCCCCCCCCCCCC(C)C)OC(=O)CCCCCCCCCCC(C)CC. The van der Waals surface area contributed by atoms with Gasteiger partial charge in [0.15, 0.2) is 12.2 Å². The van der Waals surface area contributed by atoms with Crippen LogP contribution >= 0.6 is 15.6 Å². The van der Waals surface area contributed by atoms with Crippen LogP contribution in [0.3, 0.4) is 0 Å². The third-order valence-electron chi connectivity index (χ3n) is 17.7. The van der Waals surface area contributed by atoms with Gasteiger partial charge < -0.3 is 33.8 Å². The molecule has 17 nitrogen and oxygen atoms in total. The Kier molecular flexibility index (Phi) is 64.3. The van der Waals surface area contributed by atoms with E-state index in [0.29, 0.717) is 25.7 Å². The highest BCUT2D eigenvalue weighted by atomic mass is 31.2. The minimum Gasteiger partial charge on any atom is -0.462 e. The van der Waals surface area contributed by atoms with Crippen LogP contribution in [0.5, 0.6) is 0 Å². The van der Waals surface area contributed by atoms with Crippen LogP contribution in [-0.4, -0.2) is 96.7 Å². The van der Waals surface area contributed by atoms with Crippen LogP contribution in [0.4, 0.5) is 0 Å². The highest BCUT2D eigenvalue weighted by molar-refractivity contribution is 7.47. The predicted octanol–water partition coefficient (Wildman–Crippen LogP) is 21.8. The third kappa shape index (κ3) is 67.3. The number of rotatable bonds is 73. The van der Waals surface area contributed by atoms with Gasteiger partial charge in [-0.15, -0.1) is 0 Å². The lowest BCUT2D eigenvalue weighted by atomic mass is 9.99. The summed E-state index contributed by atoms with van der Waals surface area (Å²) in [4.78, 5) is 72.8. The standard InChI is InChI=1S/C75H146O17P2/c1-8-10-11-12-13-14-15-22-27-35-42-49-56-72(77)86-63-71(92-75(80)59-52-45-38-31-30-34-41-48-55-68(7)9-2)65-90-94(83,84)88-61-69(76)60-87-93(81,82)89-64-70(91-74(79)58-51-44-37-29-24-19-17-21-26-33-40-47-54-67(5)6)62-85-73(78)57-50-43-36-28-23-18-16-20-25-32-39-46-53-66(3)4/h66-71,76H,8-65H2,1-7H3,(H,81,82)(H,83,84)/t68?,69-,70-,71-/m1/s1. The maximum absolute atomic E-state index is 13.1. The van der Waals surface area contributed by atoms with Crippen LogP contribution in [0.2, 0.25) is 0 Å². The van der Waals surface area contributed by atoms with Crippen LogP contribution in [-0.2, 0) is 65.4 Å². The molecule has 6 atom stereocenters. The monoisotopic (exact) mass is 1380 g/mol. The molecule has 0 aromatic carbocycles. The molecular formula is C75H146O17P2. The van der Waals surface area contributed by atoms with E-state index in [1.807, 2.05) is 0 Å². The molecule has 0 saturated heterocycles. The van der Waals surface area contributed by atoms with Gasteiger partial charge >= 0.3 is 39.5 Å². The number of carbonyl (C=O) groups excluding carboxylic acids is 4. The van der Waals surface area contributed by atoms with Crippen molar-refractivity contribution in [2.24, 2.45) is 17.8 Å². The summed E-state index contributed by atoms with van der Waals surface area (Å²) in [6.45, 7) is 11.9. The minimum atomic E-state index is -4.96. The molecule has 0 aliphatic heterocycles. The molecule has 0 spiro atoms. The number of phosphoric ester groups is 2. The van der Waals surface area contributed by atoms with E-state index in [4.69, 9.17) is 37.0 Å². The first-order chi connectivity index (χ1) is 45.3. The van der Waals surface area contributed by atoms with Crippen molar-refractivity contribution in [2.45, 2.75) is 401 Å². The minimum absolute atomic E-state index is 0.105. The van der Waals surface area contributed by atoms with Crippen molar-refractivity contribution in [3.63, 3.8) is 0 Å². The molecule has 0 rings (SSSR count). The average Bonchev–Trinajstić information content (AvgIpc) is 1.21. The molecule has 3 N–H and O–H groups in total. The normalized spacial score (nSPS) is 14.4. The Morgan fingerprint density at radius 1 is 0.309 bits per heavy atom. The highest BCUT2D eigenvalue weighted by Gasteiger charge is 2.30. The summed E-state index contributed by atoms with van der Waals surface area (Å²) in [5.41, 5.74) is 0. The first kappa shape index (κ1) is 92.1. The average molecular weight is 1380 g/mol. The van der Waals surface area contributed by atoms with Crippen molar-refractivity contribution >= 4 is 39.5 Å². The van der Waals surface area contributed by atoms with Gasteiger partial charge in [-0.25, -0.2) is 9.13 Å². The van der Waals surface area contributed by atoms with E-state index in [1.165, 1.54) is 193 Å².